The normalized spacial score (nSPS) is 10.9. The number of aromatic nitrogens is 4. The Morgan fingerprint density at radius 1 is 1.41 bits per heavy atom. The van der Waals surface area contributed by atoms with Crippen LogP contribution in [0.3, 0.4) is 0 Å². The van der Waals surface area contributed by atoms with Crippen LogP contribution in [0, 0.1) is 6.92 Å². The molecule has 2 aromatic rings. The van der Waals surface area contributed by atoms with Crippen molar-refractivity contribution < 1.29 is 0 Å². The average Bonchev–Trinajstić information content (AvgIpc) is 2.93. The molecule has 0 unspecified atom stereocenters. The fourth-order valence-corrected chi connectivity index (χ4v) is 2.40. The standard InChI is InChI=1S/C11H17N5S/c1-9-11(17-8-13-9)4-6-16-7-10(14-15-16)3-2-5-12/h7-8H,2-6,12H2,1H3. The molecule has 0 saturated heterocycles. The topological polar surface area (TPSA) is 69.6 Å². The quantitative estimate of drug-likeness (QED) is 0.837. The molecule has 0 aromatic carbocycles. The molecular weight excluding hydrogens is 234 g/mol. The predicted octanol–water partition coefficient (Wildman–Crippen LogP) is 1.18. The Bertz CT molecular complexity index is 462. The minimum absolute atomic E-state index is 0.701. The molecule has 0 bridgehead atoms. The zero-order valence-corrected chi connectivity index (χ0v) is 10.8. The zero-order chi connectivity index (χ0) is 12.1. The van der Waals surface area contributed by atoms with Crippen LogP contribution in [0.25, 0.3) is 0 Å². The number of hydrogen-bond acceptors (Lipinski definition) is 5. The monoisotopic (exact) mass is 251 g/mol. The van der Waals surface area contributed by atoms with E-state index in [-0.39, 0.29) is 0 Å². The predicted molar refractivity (Wildman–Crippen MR) is 68.0 cm³/mol. The minimum atomic E-state index is 0.701. The average molecular weight is 251 g/mol. The van der Waals surface area contributed by atoms with E-state index in [2.05, 4.69) is 15.3 Å². The molecule has 0 aliphatic carbocycles. The van der Waals surface area contributed by atoms with Crippen LogP contribution in [0.5, 0.6) is 0 Å². The molecule has 0 saturated carbocycles. The molecule has 2 N–H and O–H groups in total. The first-order chi connectivity index (χ1) is 8.29. The Balaban J connectivity index is 1.87. The molecule has 0 fully saturated rings. The van der Waals surface area contributed by atoms with Gasteiger partial charge in [-0.25, -0.2) is 4.98 Å². The highest BCUT2D eigenvalue weighted by atomic mass is 32.1. The first kappa shape index (κ1) is 12.2. The second kappa shape index (κ2) is 5.88. The van der Waals surface area contributed by atoms with E-state index in [1.54, 1.807) is 11.3 Å². The summed E-state index contributed by atoms with van der Waals surface area (Å²) in [7, 11) is 0. The van der Waals surface area contributed by atoms with E-state index in [1.165, 1.54) is 4.88 Å². The van der Waals surface area contributed by atoms with E-state index in [1.807, 2.05) is 23.3 Å². The van der Waals surface area contributed by atoms with Gasteiger partial charge in [0, 0.05) is 24.0 Å². The maximum absolute atomic E-state index is 5.46. The van der Waals surface area contributed by atoms with E-state index in [0.717, 1.165) is 37.2 Å². The van der Waals surface area contributed by atoms with Crippen molar-refractivity contribution in [2.45, 2.75) is 32.7 Å². The van der Waals surface area contributed by atoms with Crippen LogP contribution in [0.15, 0.2) is 11.7 Å². The van der Waals surface area contributed by atoms with E-state index in [9.17, 15) is 0 Å². The van der Waals surface area contributed by atoms with Gasteiger partial charge < -0.3 is 5.73 Å². The van der Waals surface area contributed by atoms with Gasteiger partial charge in [0.15, 0.2) is 0 Å². The van der Waals surface area contributed by atoms with Gasteiger partial charge >= 0.3 is 0 Å². The minimum Gasteiger partial charge on any atom is -0.330 e. The molecule has 0 atom stereocenters. The molecular formula is C11H17N5S. The van der Waals surface area contributed by atoms with Crippen LogP contribution in [-0.4, -0.2) is 26.5 Å². The fraction of sp³-hybridized carbons (Fsp3) is 0.545. The first-order valence-electron chi connectivity index (χ1n) is 5.77. The van der Waals surface area contributed by atoms with E-state index in [4.69, 9.17) is 5.73 Å². The maximum atomic E-state index is 5.46. The number of thiazole rings is 1. The van der Waals surface area contributed by atoms with Gasteiger partial charge in [0.05, 0.1) is 16.9 Å². The summed E-state index contributed by atoms with van der Waals surface area (Å²) in [4.78, 5) is 5.56. The third-order valence-electron chi connectivity index (χ3n) is 2.64. The number of rotatable bonds is 6. The third kappa shape index (κ3) is 3.34. The molecule has 2 rings (SSSR count). The summed E-state index contributed by atoms with van der Waals surface area (Å²) < 4.78 is 1.89. The van der Waals surface area contributed by atoms with Gasteiger partial charge in [-0.1, -0.05) is 5.21 Å². The summed E-state index contributed by atoms with van der Waals surface area (Å²) in [6, 6.07) is 0. The molecule has 0 aliphatic heterocycles. The van der Waals surface area contributed by atoms with Gasteiger partial charge in [0.25, 0.3) is 0 Å². The first-order valence-corrected chi connectivity index (χ1v) is 6.65. The van der Waals surface area contributed by atoms with Crippen LogP contribution >= 0.6 is 11.3 Å². The highest BCUT2D eigenvalue weighted by molar-refractivity contribution is 7.09. The SMILES string of the molecule is Cc1ncsc1CCn1cc(CCCN)nn1. The number of nitrogens with two attached hydrogens (primary N) is 1. The van der Waals surface area contributed by atoms with Gasteiger partial charge in [-0.2, -0.15) is 0 Å². The number of hydrogen-bond donors (Lipinski definition) is 1. The Hall–Kier alpha value is -1.27. The van der Waals surface area contributed by atoms with E-state index in [0.29, 0.717) is 6.54 Å². The second-order valence-corrected chi connectivity index (χ2v) is 4.92. The third-order valence-corrected chi connectivity index (χ3v) is 3.63. The molecule has 2 heterocycles. The smallest absolute Gasteiger partial charge is 0.0827 e. The van der Waals surface area contributed by atoms with Gasteiger partial charge in [-0.05, 0) is 26.3 Å². The lowest BCUT2D eigenvalue weighted by Crippen LogP contribution is -2.02. The van der Waals surface area contributed by atoms with Gasteiger partial charge in [0.1, 0.15) is 0 Å². The Morgan fingerprint density at radius 2 is 2.29 bits per heavy atom. The number of nitrogens with zero attached hydrogens (tertiary/aromatic N) is 4. The van der Waals surface area contributed by atoms with Crippen molar-refractivity contribution in [2.24, 2.45) is 5.73 Å². The van der Waals surface area contributed by atoms with Crippen LogP contribution < -0.4 is 5.73 Å². The number of aryl methyl sites for hydroxylation is 4. The summed E-state index contributed by atoms with van der Waals surface area (Å²) in [5.41, 5.74) is 9.50. The molecule has 5 nitrogen and oxygen atoms in total. The highest BCUT2D eigenvalue weighted by Crippen LogP contribution is 2.13. The van der Waals surface area contributed by atoms with Crippen molar-refractivity contribution in [3.63, 3.8) is 0 Å². The van der Waals surface area contributed by atoms with Crippen LogP contribution in [0.4, 0.5) is 0 Å². The Morgan fingerprint density at radius 3 is 3.00 bits per heavy atom. The molecule has 92 valence electrons. The molecule has 0 spiro atoms. The molecule has 2 aromatic heterocycles. The fourth-order valence-electron chi connectivity index (χ4n) is 1.63. The van der Waals surface area contributed by atoms with Crippen molar-refractivity contribution in [3.05, 3.63) is 28.0 Å². The van der Waals surface area contributed by atoms with Crippen molar-refractivity contribution in [1.29, 1.82) is 0 Å². The van der Waals surface area contributed by atoms with Crippen LogP contribution in [0.2, 0.25) is 0 Å². The van der Waals surface area contributed by atoms with E-state index < -0.39 is 0 Å². The summed E-state index contributed by atoms with van der Waals surface area (Å²) in [5.74, 6) is 0. The van der Waals surface area contributed by atoms with Crippen molar-refractivity contribution >= 4 is 11.3 Å². The maximum Gasteiger partial charge on any atom is 0.0827 e. The lowest BCUT2D eigenvalue weighted by molar-refractivity contribution is 0.590. The van der Waals surface area contributed by atoms with Crippen molar-refractivity contribution in [2.75, 3.05) is 6.54 Å². The Kier molecular flexibility index (Phi) is 4.22. The summed E-state index contributed by atoms with van der Waals surface area (Å²) in [6.07, 6.45) is 4.85. The van der Waals surface area contributed by atoms with E-state index >= 15 is 0 Å². The summed E-state index contributed by atoms with van der Waals surface area (Å²) >= 11 is 1.70. The highest BCUT2D eigenvalue weighted by Gasteiger charge is 2.04. The van der Waals surface area contributed by atoms with Gasteiger partial charge in [-0.3, -0.25) is 4.68 Å². The zero-order valence-electron chi connectivity index (χ0n) is 9.96. The lowest BCUT2D eigenvalue weighted by Gasteiger charge is -1.98. The van der Waals surface area contributed by atoms with Gasteiger partial charge in [0.2, 0.25) is 0 Å². The second-order valence-electron chi connectivity index (χ2n) is 3.98. The van der Waals surface area contributed by atoms with Crippen molar-refractivity contribution in [1.82, 2.24) is 20.0 Å². The molecule has 0 aliphatic rings. The van der Waals surface area contributed by atoms with Gasteiger partial charge in [-0.15, -0.1) is 16.4 Å². The molecule has 17 heavy (non-hydrogen) atoms. The van der Waals surface area contributed by atoms with Crippen LogP contribution in [0.1, 0.15) is 22.7 Å². The lowest BCUT2D eigenvalue weighted by atomic mass is 10.2. The molecule has 0 amide bonds. The molecule has 6 heteroatoms. The summed E-state index contributed by atoms with van der Waals surface area (Å²) in [5, 5.41) is 8.23. The Labute approximate surface area is 105 Å². The summed E-state index contributed by atoms with van der Waals surface area (Å²) in [6.45, 7) is 3.60. The van der Waals surface area contributed by atoms with Crippen molar-refractivity contribution in [3.8, 4) is 0 Å². The van der Waals surface area contributed by atoms with Crippen LogP contribution in [-0.2, 0) is 19.4 Å². The molecule has 0 radical (unpaired) electrons. The largest absolute Gasteiger partial charge is 0.330 e.